The van der Waals surface area contributed by atoms with Gasteiger partial charge in [0.1, 0.15) is 0 Å². The summed E-state index contributed by atoms with van der Waals surface area (Å²) in [5.74, 6) is -0.449. The molecule has 1 N–H and O–H groups in total. The van der Waals surface area contributed by atoms with Gasteiger partial charge < -0.3 is 4.98 Å². The average molecular weight is 344 g/mol. The fraction of sp³-hybridized carbons (Fsp3) is 0. The lowest BCUT2D eigenvalue weighted by Crippen LogP contribution is -2.05. The molecule has 0 radical (unpaired) electrons. The van der Waals surface area contributed by atoms with Crippen molar-refractivity contribution in [1.82, 2.24) is 4.98 Å². The van der Waals surface area contributed by atoms with E-state index in [9.17, 15) is 9.59 Å². The molecule has 1 aromatic heterocycles. The van der Waals surface area contributed by atoms with Crippen LogP contribution < -0.4 is 0 Å². The van der Waals surface area contributed by atoms with E-state index in [1.54, 1.807) is 60.7 Å². The first-order valence-electron chi connectivity index (χ1n) is 6.84. The molecule has 0 aliphatic heterocycles. The Bertz CT molecular complexity index is 827. The Balaban J connectivity index is 1.88. The Labute approximate surface area is 142 Å². The van der Waals surface area contributed by atoms with Crippen molar-refractivity contribution >= 4 is 34.8 Å². The monoisotopic (exact) mass is 343 g/mol. The number of carbonyl (C=O) groups excluding carboxylic acids is 2. The van der Waals surface area contributed by atoms with Gasteiger partial charge in [-0.25, -0.2) is 0 Å². The maximum atomic E-state index is 12.4. The van der Waals surface area contributed by atoms with E-state index in [0.717, 1.165) is 0 Å². The molecule has 2 aromatic carbocycles. The Morgan fingerprint density at radius 1 is 0.696 bits per heavy atom. The van der Waals surface area contributed by atoms with E-state index in [-0.39, 0.29) is 11.6 Å². The third kappa shape index (κ3) is 3.36. The van der Waals surface area contributed by atoms with Gasteiger partial charge in [0.25, 0.3) is 0 Å². The van der Waals surface area contributed by atoms with E-state index in [1.807, 2.05) is 0 Å². The first-order valence-corrected chi connectivity index (χ1v) is 7.60. The minimum Gasteiger partial charge on any atom is -0.349 e. The van der Waals surface area contributed by atoms with Crippen molar-refractivity contribution in [3.63, 3.8) is 0 Å². The normalized spacial score (nSPS) is 10.5. The van der Waals surface area contributed by atoms with E-state index in [4.69, 9.17) is 23.2 Å². The van der Waals surface area contributed by atoms with Crippen LogP contribution in [0, 0.1) is 0 Å². The quantitative estimate of drug-likeness (QED) is 0.692. The summed E-state index contributed by atoms with van der Waals surface area (Å²) in [6.07, 6.45) is 0. The van der Waals surface area contributed by atoms with Crippen LogP contribution in [0.1, 0.15) is 32.1 Å². The molecular weight excluding hydrogens is 333 g/mol. The fourth-order valence-electron chi connectivity index (χ4n) is 2.23. The van der Waals surface area contributed by atoms with Gasteiger partial charge in [-0.15, -0.1) is 0 Å². The van der Waals surface area contributed by atoms with Crippen molar-refractivity contribution in [1.29, 1.82) is 0 Å². The number of ketones is 2. The molecule has 114 valence electrons. The summed E-state index contributed by atoms with van der Waals surface area (Å²) in [7, 11) is 0. The molecule has 0 spiro atoms. The summed E-state index contributed by atoms with van der Waals surface area (Å²) in [5, 5.41) is 0.968. The molecule has 1 heterocycles. The van der Waals surface area contributed by atoms with Gasteiger partial charge in [0.15, 0.2) is 0 Å². The van der Waals surface area contributed by atoms with Gasteiger partial charge in [0.05, 0.1) is 11.4 Å². The highest BCUT2D eigenvalue weighted by Crippen LogP contribution is 2.17. The van der Waals surface area contributed by atoms with Crippen molar-refractivity contribution in [3.8, 4) is 0 Å². The number of carbonyl (C=O) groups is 2. The maximum absolute atomic E-state index is 12.4. The highest BCUT2D eigenvalue weighted by Gasteiger charge is 2.16. The second kappa shape index (κ2) is 6.41. The average Bonchev–Trinajstić information content (AvgIpc) is 3.03. The second-order valence-electron chi connectivity index (χ2n) is 4.96. The molecular formula is C18H11Cl2NO2. The minimum atomic E-state index is -0.224. The number of hydrogen-bond donors (Lipinski definition) is 1. The van der Waals surface area contributed by atoms with Gasteiger partial charge in [0, 0.05) is 21.2 Å². The minimum absolute atomic E-state index is 0.224. The molecule has 0 unspecified atom stereocenters. The third-order valence-corrected chi connectivity index (χ3v) is 3.82. The van der Waals surface area contributed by atoms with E-state index >= 15 is 0 Å². The predicted octanol–water partition coefficient (Wildman–Crippen LogP) is 4.78. The molecule has 0 saturated carbocycles. The number of hydrogen-bond acceptors (Lipinski definition) is 2. The molecule has 3 rings (SSSR count). The van der Waals surface area contributed by atoms with Gasteiger partial charge >= 0.3 is 0 Å². The lowest BCUT2D eigenvalue weighted by atomic mass is 10.1. The number of aromatic amines is 1. The van der Waals surface area contributed by atoms with E-state index in [0.29, 0.717) is 32.6 Å². The standard InChI is InChI=1S/C18H11Cl2NO2/c19-13-5-1-3-11(9-13)17(22)15-7-8-16(21-15)18(23)12-4-2-6-14(20)10-12/h1-10,21H. The zero-order valence-electron chi connectivity index (χ0n) is 11.8. The molecule has 0 saturated heterocycles. The van der Waals surface area contributed by atoms with Crippen molar-refractivity contribution < 1.29 is 9.59 Å². The van der Waals surface area contributed by atoms with Gasteiger partial charge in [0.2, 0.25) is 11.6 Å². The van der Waals surface area contributed by atoms with Crippen molar-refractivity contribution in [2.24, 2.45) is 0 Å². The fourth-order valence-corrected chi connectivity index (χ4v) is 2.61. The number of H-pyrrole nitrogens is 1. The Morgan fingerprint density at radius 2 is 1.13 bits per heavy atom. The van der Waals surface area contributed by atoms with Crippen LogP contribution in [0.25, 0.3) is 0 Å². The predicted molar refractivity (Wildman–Crippen MR) is 90.6 cm³/mol. The maximum Gasteiger partial charge on any atom is 0.209 e. The number of benzene rings is 2. The van der Waals surface area contributed by atoms with Crippen LogP contribution in [0.4, 0.5) is 0 Å². The van der Waals surface area contributed by atoms with E-state index in [2.05, 4.69) is 4.98 Å². The molecule has 0 bridgehead atoms. The van der Waals surface area contributed by atoms with Crippen LogP contribution in [-0.4, -0.2) is 16.6 Å². The Kier molecular flexibility index (Phi) is 4.33. The highest BCUT2D eigenvalue weighted by atomic mass is 35.5. The Morgan fingerprint density at radius 3 is 1.52 bits per heavy atom. The molecule has 3 aromatic rings. The summed E-state index contributed by atoms with van der Waals surface area (Å²) < 4.78 is 0. The lowest BCUT2D eigenvalue weighted by Gasteiger charge is -2.01. The summed E-state index contributed by atoms with van der Waals surface area (Å²) >= 11 is 11.8. The second-order valence-corrected chi connectivity index (χ2v) is 5.84. The van der Waals surface area contributed by atoms with Crippen molar-refractivity contribution in [2.45, 2.75) is 0 Å². The molecule has 0 amide bonds. The van der Waals surface area contributed by atoms with Crippen LogP contribution in [-0.2, 0) is 0 Å². The third-order valence-electron chi connectivity index (χ3n) is 3.35. The highest BCUT2D eigenvalue weighted by molar-refractivity contribution is 6.31. The molecule has 0 atom stereocenters. The van der Waals surface area contributed by atoms with Crippen LogP contribution in [0.3, 0.4) is 0 Å². The largest absolute Gasteiger partial charge is 0.349 e. The summed E-state index contributed by atoms with van der Waals surface area (Å²) in [6.45, 7) is 0. The van der Waals surface area contributed by atoms with Gasteiger partial charge in [-0.1, -0.05) is 47.5 Å². The molecule has 0 aliphatic carbocycles. The first kappa shape index (κ1) is 15.5. The molecule has 23 heavy (non-hydrogen) atoms. The van der Waals surface area contributed by atoms with E-state index < -0.39 is 0 Å². The van der Waals surface area contributed by atoms with E-state index in [1.165, 1.54) is 0 Å². The van der Waals surface area contributed by atoms with Crippen LogP contribution in [0.5, 0.6) is 0 Å². The van der Waals surface area contributed by atoms with Crippen LogP contribution >= 0.6 is 23.2 Å². The zero-order valence-corrected chi connectivity index (χ0v) is 13.4. The summed E-state index contributed by atoms with van der Waals surface area (Å²) in [5.41, 5.74) is 1.58. The molecule has 0 aliphatic rings. The molecule has 5 heteroatoms. The lowest BCUT2D eigenvalue weighted by molar-refractivity contribution is 0.103. The Hall–Kier alpha value is -2.36. The summed E-state index contributed by atoms with van der Waals surface area (Å²) in [6, 6.07) is 16.5. The topological polar surface area (TPSA) is 49.9 Å². The zero-order chi connectivity index (χ0) is 16.4. The summed E-state index contributed by atoms with van der Waals surface area (Å²) in [4.78, 5) is 27.7. The van der Waals surface area contributed by atoms with Gasteiger partial charge in [-0.2, -0.15) is 0 Å². The van der Waals surface area contributed by atoms with Gasteiger partial charge in [-0.05, 0) is 36.4 Å². The number of aromatic nitrogens is 1. The number of rotatable bonds is 4. The number of nitrogens with one attached hydrogen (secondary N) is 1. The van der Waals surface area contributed by atoms with Crippen molar-refractivity contribution in [2.75, 3.05) is 0 Å². The first-order chi connectivity index (χ1) is 11.0. The van der Waals surface area contributed by atoms with Gasteiger partial charge in [-0.3, -0.25) is 9.59 Å². The number of halogens is 2. The smallest absolute Gasteiger partial charge is 0.209 e. The molecule has 0 fully saturated rings. The van der Waals surface area contributed by atoms with Crippen molar-refractivity contribution in [3.05, 3.63) is 93.2 Å². The SMILES string of the molecule is O=C(c1cccc(Cl)c1)c1ccc(C(=O)c2cccc(Cl)c2)[nH]1. The van der Waals surface area contributed by atoms with Crippen LogP contribution in [0.2, 0.25) is 10.0 Å². The molecule has 3 nitrogen and oxygen atoms in total. The van der Waals surface area contributed by atoms with Crippen LogP contribution in [0.15, 0.2) is 60.7 Å².